The average Bonchev–Trinajstić information content (AvgIpc) is 4.01. The monoisotopic (exact) mass is 905 g/mol. The largest absolute Gasteiger partial charge is 0.425 e. The van der Waals surface area contributed by atoms with Crippen LogP contribution in [0.5, 0.6) is 0 Å². The van der Waals surface area contributed by atoms with Gasteiger partial charge in [-0.1, -0.05) is 5.69 Å². The van der Waals surface area contributed by atoms with Gasteiger partial charge in [-0.05, 0) is 37.4 Å². The summed E-state index contributed by atoms with van der Waals surface area (Å²) >= 11 is 0. The normalized spacial score (nSPS) is 11.1. The summed E-state index contributed by atoms with van der Waals surface area (Å²) in [5.74, 6) is -0.734. The fourth-order valence-corrected chi connectivity index (χ4v) is 7.08. The molecule has 1 N–H and O–H groups in total. The molecular weight excluding hydrogens is 859 g/mol. The van der Waals surface area contributed by atoms with Crippen LogP contribution in [0.1, 0.15) is 105 Å². The van der Waals surface area contributed by atoms with Crippen molar-refractivity contribution in [3.8, 4) is 0 Å². The molecule has 1 radical (unpaired) electrons. The molecule has 0 aliphatic carbocycles. The van der Waals surface area contributed by atoms with Gasteiger partial charge in [0.05, 0.1) is 42.0 Å². The molecule has 0 saturated carbocycles. The number of Topliss-reactive ketones (excluding diaryl/α,β-unsaturated/α-hetero) is 7. The Bertz CT molecular complexity index is 2700. The first kappa shape index (κ1) is 45.9. The van der Waals surface area contributed by atoms with Crippen LogP contribution >= 0.6 is 0 Å². The predicted octanol–water partition coefficient (Wildman–Crippen LogP) is 2.83. The van der Waals surface area contributed by atoms with Crippen LogP contribution in [0.25, 0.3) is 0 Å². The second kappa shape index (κ2) is 19.1. The molecule has 0 spiro atoms. The van der Waals surface area contributed by atoms with Crippen molar-refractivity contribution >= 4 is 46.3 Å². The summed E-state index contributed by atoms with van der Waals surface area (Å²) in [6.45, 7) is 5.34. The minimum absolute atomic E-state index is 0. The number of rotatable bonds is 20. The molecule has 315 valence electrons. The van der Waals surface area contributed by atoms with E-state index in [1.165, 1.54) is 11.5 Å². The molecule has 18 nitrogen and oxygen atoms in total. The first-order chi connectivity index (χ1) is 28.4. The standard InChI is InChI=1S/C42H46N11O7.Y/c1-24(54)9-10-43-38-23-53(8)42(47-38)37(60)17-30-22-52(7)41(46-30)36(59)16-29-21-51(6)40(45-29)35(58)15-28-20-50(5)39(44-28)34(57)14-27-12-32(49(4)19-27)33(56)13-26-11-31(25(2)55)48(3)18-26;/h11-12,18-23,43H,2,9-10,13-17H2,1,3-8H3;/q-1;. The van der Waals surface area contributed by atoms with Gasteiger partial charge >= 0.3 is 0 Å². The molecular formula is C42H46N11O7Y-. The van der Waals surface area contributed by atoms with Gasteiger partial charge < -0.3 is 37.5 Å². The molecule has 0 unspecified atom stereocenters. The van der Waals surface area contributed by atoms with Crippen molar-refractivity contribution in [1.82, 2.24) is 47.3 Å². The van der Waals surface area contributed by atoms with Crippen LogP contribution in [0.15, 0.2) is 49.3 Å². The van der Waals surface area contributed by atoms with Gasteiger partial charge in [0.2, 0.25) is 23.1 Å². The van der Waals surface area contributed by atoms with Gasteiger partial charge in [-0.15, -0.1) is 6.07 Å². The smallest absolute Gasteiger partial charge is 0.204 e. The molecule has 6 aromatic rings. The van der Waals surface area contributed by atoms with Gasteiger partial charge in [-0.3, -0.25) is 28.8 Å². The number of hydrogen-bond donors (Lipinski definition) is 1. The summed E-state index contributed by atoms with van der Waals surface area (Å²) in [6.07, 6.45) is 9.90. The van der Waals surface area contributed by atoms with E-state index in [1.807, 2.05) is 0 Å². The number of imidazole rings is 4. The fraction of sp³-hybridized carbons (Fsp3) is 0.333. The maximum Gasteiger partial charge on any atom is 0.204 e. The van der Waals surface area contributed by atoms with Crippen molar-refractivity contribution in [2.24, 2.45) is 42.3 Å². The summed E-state index contributed by atoms with van der Waals surface area (Å²) in [4.78, 5) is 107. The number of carbonyl (C=O) groups excluding carboxylic acids is 7. The zero-order valence-electron chi connectivity index (χ0n) is 35.2. The number of ketones is 7. The molecule has 0 aliphatic rings. The third-order valence-electron chi connectivity index (χ3n) is 9.88. The first-order valence-corrected chi connectivity index (χ1v) is 19.0. The molecule has 0 bridgehead atoms. The van der Waals surface area contributed by atoms with Crippen LogP contribution in [-0.2, 0) is 112 Å². The molecule has 0 amide bonds. The molecule has 0 saturated heterocycles. The molecule has 0 aromatic carbocycles. The van der Waals surface area contributed by atoms with E-state index in [-0.39, 0.29) is 129 Å². The van der Waals surface area contributed by atoms with E-state index in [0.717, 1.165) is 0 Å². The van der Waals surface area contributed by atoms with Crippen molar-refractivity contribution in [1.29, 1.82) is 0 Å². The summed E-state index contributed by atoms with van der Waals surface area (Å²) in [5, 5.41) is 3.03. The number of hydrogen-bond acceptors (Lipinski definition) is 12. The van der Waals surface area contributed by atoms with Gasteiger partial charge in [0.1, 0.15) is 11.6 Å². The average molecular weight is 906 g/mol. The Morgan fingerprint density at radius 2 is 0.885 bits per heavy atom. The topological polar surface area (TPSA) is 213 Å². The van der Waals surface area contributed by atoms with Gasteiger partial charge in [0, 0.05) is 131 Å². The Morgan fingerprint density at radius 1 is 0.508 bits per heavy atom. The number of anilines is 1. The van der Waals surface area contributed by atoms with E-state index in [1.54, 1.807) is 114 Å². The zero-order valence-corrected chi connectivity index (χ0v) is 38.0. The molecule has 0 aliphatic heterocycles. The maximum atomic E-state index is 13.4. The SMILES string of the molecule is [CH2-]C(=O)c1cc(CC(=O)c2cc(CC(=O)c3nc(CC(=O)c4nc(CC(=O)c5nc(CC(=O)c6nc(NCCC(C)=O)cn6C)cn5C)cn4C)cn3C)cn2C)cn1C.[Y]. The predicted molar refractivity (Wildman–Crippen MR) is 217 cm³/mol. The summed E-state index contributed by atoms with van der Waals surface area (Å²) in [6, 6.07) is 3.31. The van der Waals surface area contributed by atoms with Crippen LogP contribution < -0.4 is 5.32 Å². The van der Waals surface area contributed by atoms with Gasteiger partial charge in [0.15, 0.2) is 29.1 Å². The van der Waals surface area contributed by atoms with Gasteiger partial charge in [-0.2, -0.15) is 6.92 Å². The molecule has 0 atom stereocenters. The number of aromatic nitrogens is 10. The van der Waals surface area contributed by atoms with E-state index in [0.29, 0.717) is 58.4 Å². The Balaban J connectivity index is 0.00000704. The minimum Gasteiger partial charge on any atom is -0.425 e. The van der Waals surface area contributed by atoms with Crippen molar-refractivity contribution in [3.63, 3.8) is 0 Å². The number of aryl methyl sites for hydroxylation is 6. The van der Waals surface area contributed by atoms with Crippen molar-refractivity contribution in [3.05, 3.63) is 119 Å². The van der Waals surface area contributed by atoms with E-state index in [2.05, 4.69) is 32.2 Å². The van der Waals surface area contributed by atoms with Crippen LogP contribution in [0.3, 0.4) is 0 Å². The second-order valence-corrected chi connectivity index (χ2v) is 15.1. The maximum absolute atomic E-state index is 13.4. The molecule has 6 rings (SSSR count). The zero-order chi connectivity index (χ0) is 43.6. The third kappa shape index (κ3) is 10.8. The van der Waals surface area contributed by atoms with Gasteiger partial charge in [-0.25, -0.2) is 19.9 Å². The fourth-order valence-electron chi connectivity index (χ4n) is 7.08. The quantitative estimate of drug-likeness (QED) is 0.0866. The van der Waals surface area contributed by atoms with Crippen molar-refractivity contribution in [2.75, 3.05) is 11.9 Å². The minimum atomic E-state index is -0.367. The van der Waals surface area contributed by atoms with E-state index in [4.69, 9.17) is 0 Å². The molecule has 6 heterocycles. The second-order valence-electron chi connectivity index (χ2n) is 15.1. The Hall–Kier alpha value is -6.14. The summed E-state index contributed by atoms with van der Waals surface area (Å²) in [7, 11) is 10.1. The van der Waals surface area contributed by atoms with Crippen LogP contribution in [0.2, 0.25) is 0 Å². The van der Waals surface area contributed by atoms with E-state index in [9.17, 15) is 33.6 Å². The van der Waals surface area contributed by atoms with Crippen molar-refractivity contribution in [2.45, 2.75) is 45.4 Å². The Kier molecular flexibility index (Phi) is 14.4. The molecule has 0 fully saturated rings. The Morgan fingerprint density at radius 3 is 1.31 bits per heavy atom. The van der Waals surface area contributed by atoms with Crippen LogP contribution in [0, 0.1) is 6.92 Å². The number of carbonyl (C=O) groups is 7. The number of nitrogens with one attached hydrogen (secondary N) is 1. The molecule has 6 aromatic heterocycles. The van der Waals surface area contributed by atoms with Crippen LogP contribution in [-0.4, -0.2) is 94.4 Å². The molecule has 19 heteroatoms. The summed E-state index contributed by atoms with van der Waals surface area (Å²) < 4.78 is 9.51. The molecule has 61 heavy (non-hydrogen) atoms. The van der Waals surface area contributed by atoms with Crippen LogP contribution in [0.4, 0.5) is 5.82 Å². The Labute approximate surface area is 376 Å². The van der Waals surface area contributed by atoms with Gasteiger partial charge in [0.25, 0.3) is 0 Å². The van der Waals surface area contributed by atoms with Crippen molar-refractivity contribution < 1.29 is 66.3 Å². The first-order valence-electron chi connectivity index (χ1n) is 19.0. The summed E-state index contributed by atoms with van der Waals surface area (Å²) in [5.41, 5.74) is 3.21. The number of nitrogens with zero attached hydrogens (tertiary/aromatic N) is 10. The van der Waals surface area contributed by atoms with E-state index >= 15 is 0 Å². The van der Waals surface area contributed by atoms with E-state index < -0.39 is 0 Å². The third-order valence-corrected chi connectivity index (χ3v) is 9.88.